The van der Waals surface area contributed by atoms with Crippen LogP contribution in [0.2, 0.25) is 5.15 Å². The van der Waals surface area contributed by atoms with Crippen LogP contribution in [0.15, 0.2) is 12.3 Å². The molecule has 0 unspecified atom stereocenters. The summed E-state index contributed by atoms with van der Waals surface area (Å²) in [4.78, 5) is 3.59. The average molecular weight is 170 g/mol. The van der Waals surface area contributed by atoms with E-state index in [2.05, 4.69) is 16.8 Å². The van der Waals surface area contributed by atoms with Crippen LogP contribution in [0.1, 0.15) is 12.5 Å². The Balaban J connectivity index is 3.12. The molecule has 0 bridgehead atoms. The van der Waals surface area contributed by atoms with Gasteiger partial charge in [0.25, 0.3) is 0 Å². The van der Waals surface area contributed by atoms with E-state index in [4.69, 9.17) is 11.6 Å². The van der Waals surface area contributed by atoms with Gasteiger partial charge < -0.3 is 0 Å². The molecule has 0 radical (unpaired) electrons. The van der Waals surface area contributed by atoms with Crippen molar-refractivity contribution in [2.24, 2.45) is 0 Å². The first-order valence-corrected chi connectivity index (χ1v) is 3.35. The zero-order valence-electron chi connectivity index (χ0n) is 5.86. The fourth-order valence-electron chi connectivity index (χ4n) is 0.634. The largest absolute Gasteiger partial charge is 0.240 e. The maximum atomic E-state index is 12.6. The van der Waals surface area contributed by atoms with Crippen LogP contribution in [0, 0.1) is 17.7 Å². The molecule has 11 heavy (non-hydrogen) atoms. The van der Waals surface area contributed by atoms with Crippen molar-refractivity contribution in [1.82, 2.24) is 4.98 Å². The third-order valence-corrected chi connectivity index (χ3v) is 1.34. The molecule has 0 aliphatic heterocycles. The first kappa shape index (κ1) is 8.03. The van der Waals surface area contributed by atoms with Gasteiger partial charge in [0.05, 0.1) is 0 Å². The molecule has 0 aromatic carbocycles. The van der Waals surface area contributed by atoms with Gasteiger partial charge in [-0.2, -0.15) is 0 Å². The highest BCUT2D eigenvalue weighted by Gasteiger charge is 1.99. The SMILES string of the molecule is CC#Cc1cnc(Cl)c(F)c1. The van der Waals surface area contributed by atoms with E-state index in [-0.39, 0.29) is 5.15 Å². The van der Waals surface area contributed by atoms with Crippen LogP contribution in [0.5, 0.6) is 0 Å². The standard InChI is InChI=1S/C8H5ClFN/c1-2-3-6-4-7(10)8(9)11-5-6/h4-5H,1H3. The van der Waals surface area contributed by atoms with Gasteiger partial charge in [-0.1, -0.05) is 17.5 Å². The first-order chi connectivity index (χ1) is 5.24. The number of hydrogen-bond acceptors (Lipinski definition) is 1. The van der Waals surface area contributed by atoms with Crippen molar-refractivity contribution in [3.8, 4) is 11.8 Å². The van der Waals surface area contributed by atoms with E-state index in [1.54, 1.807) is 6.92 Å². The molecule has 0 saturated heterocycles. The van der Waals surface area contributed by atoms with Crippen molar-refractivity contribution in [2.45, 2.75) is 6.92 Å². The Morgan fingerprint density at radius 2 is 2.36 bits per heavy atom. The molecule has 1 rings (SSSR count). The van der Waals surface area contributed by atoms with Gasteiger partial charge in [-0.25, -0.2) is 9.37 Å². The third kappa shape index (κ3) is 1.92. The molecule has 0 spiro atoms. The lowest BCUT2D eigenvalue weighted by atomic mass is 10.3. The molecule has 0 fully saturated rings. The monoisotopic (exact) mass is 169 g/mol. The van der Waals surface area contributed by atoms with E-state index in [9.17, 15) is 4.39 Å². The predicted molar refractivity (Wildman–Crippen MR) is 41.8 cm³/mol. The van der Waals surface area contributed by atoms with Crippen molar-refractivity contribution >= 4 is 11.6 Å². The number of aromatic nitrogens is 1. The second-order valence-corrected chi connectivity index (χ2v) is 2.23. The minimum atomic E-state index is -0.535. The molecule has 1 heterocycles. The highest BCUT2D eigenvalue weighted by atomic mass is 35.5. The van der Waals surface area contributed by atoms with Crippen molar-refractivity contribution in [3.63, 3.8) is 0 Å². The molecular formula is C8H5ClFN. The van der Waals surface area contributed by atoms with Crippen molar-refractivity contribution in [1.29, 1.82) is 0 Å². The Hall–Kier alpha value is -1.07. The summed E-state index contributed by atoms with van der Waals surface area (Å²) in [6.07, 6.45) is 1.43. The minimum absolute atomic E-state index is 0.119. The maximum Gasteiger partial charge on any atom is 0.164 e. The van der Waals surface area contributed by atoms with E-state index in [1.165, 1.54) is 12.3 Å². The molecule has 0 aliphatic rings. The molecule has 0 atom stereocenters. The van der Waals surface area contributed by atoms with Gasteiger partial charge in [0.1, 0.15) is 0 Å². The second-order valence-electron chi connectivity index (χ2n) is 1.87. The number of pyridine rings is 1. The molecular weight excluding hydrogens is 165 g/mol. The molecule has 1 nitrogen and oxygen atoms in total. The quantitative estimate of drug-likeness (QED) is 0.429. The first-order valence-electron chi connectivity index (χ1n) is 2.98. The molecule has 1 aromatic heterocycles. The minimum Gasteiger partial charge on any atom is -0.240 e. The Kier molecular flexibility index (Phi) is 2.45. The van der Waals surface area contributed by atoms with Gasteiger partial charge >= 0.3 is 0 Å². The zero-order valence-corrected chi connectivity index (χ0v) is 6.61. The summed E-state index contributed by atoms with van der Waals surface area (Å²) in [6.45, 7) is 1.67. The van der Waals surface area contributed by atoms with Crippen LogP contribution in [0.3, 0.4) is 0 Å². The number of hydrogen-bond donors (Lipinski definition) is 0. The predicted octanol–water partition coefficient (Wildman–Crippen LogP) is 2.25. The lowest BCUT2D eigenvalue weighted by Gasteiger charge is -1.92. The summed E-state index contributed by atoms with van der Waals surface area (Å²) in [5.41, 5.74) is 0.536. The van der Waals surface area contributed by atoms with Crippen LogP contribution < -0.4 is 0 Å². The van der Waals surface area contributed by atoms with Gasteiger partial charge in [0.15, 0.2) is 11.0 Å². The fraction of sp³-hybridized carbons (Fsp3) is 0.125. The number of nitrogens with zero attached hydrogens (tertiary/aromatic N) is 1. The Morgan fingerprint density at radius 1 is 1.64 bits per heavy atom. The Morgan fingerprint density at radius 3 is 2.91 bits per heavy atom. The molecule has 3 heteroatoms. The van der Waals surface area contributed by atoms with Gasteiger partial charge in [-0.05, 0) is 13.0 Å². The van der Waals surface area contributed by atoms with Crippen LogP contribution in [0.25, 0.3) is 0 Å². The zero-order chi connectivity index (χ0) is 8.27. The topological polar surface area (TPSA) is 12.9 Å². The lowest BCUT2D eigenvalue weighted by molar-refractivity contribution is 0.621. The fourth-order valence-corrected chi connectivity index (χ4v) is 0.737. The highest BCUT2D eigenvalue weighted by Crippen LogP contribution is 2.10. The summed E-state index contributed by atoms with van der Waals surface area (Å²) >= 11 is 5.35. The summed E-state index contributed by atoms with van der Waals surface area (Å²) in [5, 5.41) is -0.119. The summed E-state index contributed by atoms with van der Waals surface area (Å²) in [6, 6.07) is 1.26. The number of halogens is 2. The lowest BCUT2D eigenvalue weighted by Crippen LogP contribution is -1.84. The van der Waals surface area contributed by atoms with Crippen LogP contribution in [-0.2, 0) is 0 Å². The van der Waals surface area contributed by atoms with E-state index in [0.717, 1.165) is 0 Å². The van der Waals surface area contributed by atoms with Gasteiger partial charge in [0.2, 0.25) is 0 Å². The Labute approximate surface area is 69.2 Å². The van der Waals surface area contributed by atoms with Crippen molar-refractivity contribution < 1.29 is 4.39 Å². The molecule has 0 aliphatic carbocycles. The maximum absolute atomic E-state index is 12.6. The van der Waals surface area contributed by atoms with Crippen LogP contribution >= 0.6 is 11.6 Å². The molecule has 1 aromatic rings. The van der Waals surface area contributed by atoms with Crippen molar-refractivity contribution in [2.75, 3.05) is 0 Å². The van der Waals surface area contributed by atoms with Crippen molar-refractivity contribution in [3.05, 3.63) is 28.8 Å². The highest BCUT2D eigenvalue weighted by molar-refractivity contribution is 6.29. The van der Waals surface area contributed by atoms with E-state index >= 15 is 0 Å². The molecule has 56 valence electrons. The molecule has 0 saturated carbocycles. The summed E-state index contributed by atoms with van der Waals surface area (Å²) < 4.78 is 12.6. The summed E-state index contributed by atoms with van der Waals surface area (Å²) in [7, 11) is 0. The van der Waals surface area contributed by atoms with Crippen LogP contribution in [-0.4, -0.2) is 4.98 Å². The van der Waals surface area contributed by atoms with Gasteiger partial charge in [0, 0.05) is 11.8 Å². The van der Waals surface area contributed by atoms with Gasteiger partial charge in [-0.3, -0.25) is 0 Å². The third-order valence-electron chi connectivity index (χ3n) is 1.07. The smallest absolute Gasteiger partial charge is 0.164 e. The van der Waals surface area contributed by atoms with Gasteiger partial charge in [-0.15, -0.1) is 5.92 Å². The second kappa shape index (κ2) is 3.36. The van der Waals surface area contributed by atoms with E-state index in [1.807, 2.05) is 0 Å². The van der Waals surface area contributed by atoms with Crippen LogP contribution in [0.4, 0.5) is 4.39 Å². The number of rotatable bonds is 0. The average Bonchev–Trinajstić information content (AvgIpc) is 1.98. The normalized spacial score (nSPS) is 8.64. The Bertz CT molecular complexity index is 325. The van der Waals surface area contributed by atoms with E-state index in [0.29, 0.717) is 5.56 Å². The molecule has 0 N–H and O–H groups in total. The summed E-state index contributed by atoms with van der Waals surface area (Å²) in [5.74, 6) is 4.76. The van der Waals surface area contributed by atoms with E-state index < -0.39 is 5.82 Å². The molecule has 0 amide bonds.